The van der Waals surface area contributed by atoms with E-state index in [1.807, 2.05) is 18.1 Å². The summed E-state index contributed by atoms with van der Waals surface area (Å²) < 4.78 is 0. The van der Waals surface area contributed by atoms with Gasteiger partial charge in [-0.3, -0.25) is 0 Å². The average Bonchev–Trinajstić information content (AvgIpc) is 2.41. The highest BCUT2D eigenvalue weighted by Crippen LogP contribution is 2.17. The first-order chi connectivity index (χ1) is 7.88. The van der Waals surface area contributed by atoms with Gasteiger partial charge in [-0.15, -0.1) is 6.42 Å². The van der Waals surface area contributed by atoms with Crippen LogP contribution in [0.2, 0.25) is 0 Å². The van der Waals surface area contributed by atoms with Crippen molar-refractivity contribution in [3.63, 3.8) is 0 Å². The van der Waals surface area contributed by atoms with Gasteiger partial charge < -0.3 is 5.11 Å². The largest absolute Gasteiger partial charge is 0.384 e. The third kappa shape index (κ3) is 4.00. The Morgan fingerprint density at radius 3 is 1.38 bits per heavy atom. The lowest BCUT2D eigenvalue weighted by molar-refractivity contribution is 0.351. The smallest absolute Gasteiger partial charge is 0.103 e. The molecular weight excluding hydrogens is 196 g/mol. The van der Waals surface area contributed by atoms with Crippen LogP contribution in [0.4, 0.5) is 0 Å². The Labute approximate surface area is 96.4 Å². The molecule has 1 N–H and O–H groups in total. The van der Waals surface area contributed by atoms with E-state index in [0.717, 1.165) is 0 Å². The van der Waals surface area contributed by atoms with Gasteiger partial charge >= 0.3 is 0 Å². The first-order valence-corrected chi connectivity index (χ1v) is 5.03. The van der Waals surface area contributed by atoms with Crippen LogP contribution < -0.4 is 0 Å². The molecule has 0 spiro atoms. The molecule has 2 aromatic carbocycles. The van der Waals surface area contributed by atoms with E-state index in [1.54, 1.807) is 0 Å². The Morgan fingerprint density at radius 2 is 1.12 bits per heavy atom. The van der Waals surface area contributed by atoms with Gasteiger partial charge in [0.15, 0.2) is 0 Å². The Bertz CT molecular complexity index is 388. The van der Waals surface area contributed by atoms with Crippen LogP contribution in [-0.2, 0) is 0 Å². The molecule has 0 aliphatic rings. The molecule has 0 fully saturated rings. The van der Waals surface area contributed by atoms with Crippen molar-refractivity contribution in [1.29, 1.82) is 0 Å². The molecule has 1 nitrogen and oxygen atoms in total. The fourth-order valence-corrected chi connectivity index (χ4v) is 1.26. The maximum Gasteiger partial charge on any atom is 0.103 e. The van der Waals surface area contributed by atoms with Crippen molar-refractivity contribution >= 4 is 0 Å². The zero-order valence-corrected chi connectivity index (χ0v) is 9.01. The summed E-state index contributed by atoms with van der Waals surface area (Å²) in [4.78, 5) is 0. The molecule has 0 amide bonds. The standard InChI is InChI=1S/C12H10.C3H4O/c1-3-7-11(8-4-1)12-9-5-2-6-10-12;1-2-3-4/h1-10H;1,4H,3H2. The van der Waals surface area contributed by atoms with Crippen LogP contribution in [0.1, 0.15) is 0 Å². The molecular formula is C15H14O. The van der Waals surface area contributed by atoms with E-state index < -0.39 is 0 Å². The predicted molar refractivity (Wildman–Crippen MR) is 67.8 cm³/mol. The average molecular weight is 210 g/mol. The van der Waals surface area contributed by atoms with Gasteiger partial charge in [-0.05, 0) is 11.1 Å². The Morgan fingerprint density at radius 1 is 0.812 bits per heavy atom. The van der Waals surface area contributed by atoms with E-state index in [1.165, 1.54) is 11.1 Å². The minimum atomic E-state index is -0.153. The van der Waals surface area contributed by atoms with Crippen molar-refractivity contribution in [2.75, 3.05) is 6.61 Å². The Balaban J connectivity index is 0.000000280. The fraction of sp³-hybridized carbons (Fsp3) is 0.0667. The van der Waals surface area contributed by atoms with E-state index in [-0.39, 0.29) is 6.61 Å². The minimum Gasteiger partial charge on any atom is -0.384 e. The second-order valence-corrected chi connectivity index (χ2v) is 3.09. The number of rotatable bonds is 1. The summed E-state index contributed by atoms with van der Waals surface area (Å²) in [5.41, 5.74) is 2.55. The van der Waals surface area contributed by atoms with Gasteiger partial charge in [-0.25, -0.2) is 0 Å². The molecule has 80 valence electrons. The number of hydrogen-bond donors (Lipinski definition) is 1. The van der Waals surface area contributed by atoms with Crippen molar-refractivity contribution in [3.05, 3.63) is 60.7 Å². The molecule has 0 bridgehead atoms. The van der Waals surface area contributed by atoms with Crippen molar-refractivity contribution in [3.8, 4) is 23.5 Å². The van der Waals surface area contributed by atoms with Crippen LogP contribution in [0.15, 0.2) is 60.7 Å². The molecule has 0 aliphatic carbocycles. The summed E-state index contributed by atoms with van der Waals surface area (Å²) in [6.07, 6.45) is 4.53. The summed E-state index contributed by atoms with van der Waals surface area (Å²) in [6, 6.07) is 20.8. The monoisotopic (exact) mass is 210 g/mol. The quantitative estimate of drug-likeness (QED) is 0.717. The van der Waals surface area contributed by atoms with Crippen molar-refractivity contribution in [1.82, 2.24) is 0 Å². The zero-order valence-electron chi connectivity index (χ0n) is 9.01. The second kappa shape index (κ2) is 7.28. The SMILES string of the molecule is C#CCO.c1ccc(-c2ccccc2)cc1. The summed E-state index contributed by atoms with van der Waals surface area (Å²) in [5, 5.41) is 7.64. The summed E-state index contributed by atoms with van der Waals surface area (Å²) in [7, 11) is 0. The van der Waals surface area contributed by atoms with E-state index in [9.17, 15) is 0 Å². The van der Waals surface area contributed by atoms with Gasteiger partial charge in [0.05, 0.1) is 0 Å². The lowest BCUT2D eigenvalue weighted by atomic mass is 10.1. The van der Waals surface area contributed by atoms with Gasteiger partial charge in [-0.1, -0.05) is 66.6 Å². The maximum absolute atomic E-state index is 7.64. The molecule has 16 heavy (non-hydrogen) atoms. The summed E-state index contributed by atoms with van der Waals surface area (Å²) >= 11 is 0. The third-order valence-electron chi connectivity index (χ3n) is 1.97. The minimum absolute atomic E-state index is 0.153. The van der Waals surface area contributed by atoms with Gasteiger partial charge in [0.1, 0.15) is 6.61 Å². The first kappa shape index (κ1) is 12.0. The highest BCUT2D eigenvalue weighted by Gasteiger charge is 1.91. The van der Waals surface area contributed by atoms with Crippen LogP contribution in [-0.4, -0.2) is 11.7 Å². The Kier molecular flexibility index (Phi) is 5.47. The van der Waals surface area contributed by atoms with Crippen LogP contribution >= 0.6 is 0 Å². The van der Waals surface area contributed by atoms with E-state index >= 15 is 0 Å². The van der Waals surface area contributed by atoms with Crippen molar-refractivity contribution in [2.45, 2.75) is 0 Å². The highest BCUT2D eigenvalue weighted by molar-refractivity contribution is 5.62. The molecule has 0 unspecified atom stereocenters. The third-order valence-corrected chi connectivity index (χ3v) is 1.97. The predicted octanol–water partition coefficient (Wildman–Crippen LogP) is 2.97. The summed E-state index contributed by atoms with van der Waals surface area (Å²) in [5.74, 6) is 1.99. The molecule has 0 aliphatic heterocycles. The highest BCUT2D eigenvalue weighted by atomic mass is 16.2. The van der Waals surface area contributed by atoms with Crippen LogP contribution in [0.25, 0.3) is 11.1 Å². The number of terminal acetylenes is 1. The van der Waals surface area contributed by atoms with Crippen LogP contribution in [0, 0.1) is 12.3 Å². The molecule has 0 saturated carbocycles. The molecule has 2 aromatic rings. The number of aliphatic hydroxyl groups is 1. The molecule has 0 radical (unpaired) electrons. The van der Waals surface area contributed by atoms with Gasteiger partial charge in [0, 0.05) is 0 Å². The molecule has 1 heteroatoms. The van der Waals surface area contributed by atoms with Crippen LogP contribution in [0.5, 0.6) is 0 Å². The molecule has 0 saturated heterocycles. The van der Waals surface area contributed by atoms with Crippen molar-refractivity contribution < 1.29 is 5.11 Å². The molecule has 0 atom stereocenters. The number of benzene rings is 2. The summed E-state index contributed by atoms with van der Waals surface area (Å²) in [6.45, 7) is -0.153. The first-order valence-electron chi connectivity index (χ1n) is 5.03. The van der Waals surface area contributed by atoms with Gasteiger partial charge in [0.25, 0.3) is 0 Å². The topological polar surface area (TPSA) is 20.2 Å². The van der Waals surface area contributed by atoms with E-state index in [4.69, 9.17) is 5.11 Å². The van der Waals surface area contributed by atoms with Gasteiger partial charge in [-0.2, -0.15) is 0 Å². The Hall–Kier alpha value is -2.04. The lowest BCUT2D eigenvalue weighted by Gasteiger charge is -1.98. The van der Waals surface area contributed by atoms with Gasteiger partial charge in [0.2, 0.25) is 0 Å². The van der Waals surface area contributed by atoms with E-state index in [2.05, 4.69) is 55.0 Å². The normalized spacial score (nSPS) is 8.50. The fourth-order valence-electron chi connectivity index (χ4n) is 1.26. The van der Waals surface area contributed by atoms with E-state index in [0.29, 0.717) is 0 Å². The maximum atomic E-state index is 7.64. The van der Waals surface area contributed by atoms with Crippen LogP contribution in [0.3, 0.4) is 0 Å². The number of hydrogen-bond acceptors (Lipinski definition) is 1. The molecule has 0 heterocycles. The lowest BCUT2D eigenvalue weighted by Crippen LogP contribution is -1.73. The molecule has 2 rings (SSSR count). The zero-order chi connectivity index (χ0) is 11.6. The number of aliphatic hydroxyl groups excluding tert-OH is 1. The second-order valence-electron chi connectivity index (χ2n) is 3.09. The molecule has 0 aromatic heterocycles. The van der Waals surface area contributed by atoms with Crippen molar-refractivity contribution in [2.24, 2.45) is 0 Å².